The summed E-state index contributed by atoms with van der Waals surface area (Å²) < 4.78 is 0. The largest absolute Gasteiger partial charge is 0.366 e. The summed E-state index contributed by atoms with van der Waals surface area (Å²) in [6, 6.07) is 4.44. The van der Waals surface area contributed by atoms with Crippen LogP contribution in [0.5, 0.6) is 0 Å². The van der Waals surface area contributed by atoms with E-state index in [4.69, 9.17) is 11.5 Å². The van der Waals surface area contributed by atoms with Crippen molar-refractivity contribution in [2.75, 3.05) is 18.0 Å². The Labute approximate surface area is 123 Å². The van der Waals surface area contributed by atoms with Crippen LogP contribution < -0.4 is 16.4 Å². The maximum absolute atomic E-state index is 11.3. The molecule has 1 aliphatic heterocycles. The summed E-state index contributed by atoms with van der Waals surface area (Å²) in [5.41, 5.74) is 11.7. The fraction of sp³-hybridized carbons (Fsp3) is 0.500. The van der Waals surface area contributed by atoms with E-state index in [9.17, 15) is 14.9 Å². The molecule has 0 aliphatic carbocycles. The van der Waals surface area contributed by atoms with Crippen molar-refractivity contribution in [1.82, 2.24) is 0 Å². The molecule has 0 saturated carbocycles. The fourth-order valence-corrected chi connectivity index (χ4v) is 2.87. The molecule has 1 saturated heterocycles. The highest BCUT2D eigenvalue weighted by Gasteiger charge is 2.28. The molecule has 1 aromatic rings. The molecule has 1 aromatic carbocycles. The number of nitro benzene ring substituents is 1. The number of primary amides is 1. The molecule has 4 N–H and O–H groups in total. The van der Waals surface area contributed by atoms with Crippen LogP contribution in [-0.4, -0.2) is 30.0 Å². The highest BCUT2D eigenvalue weighted by molar-refractivity contribution is 5.94. The lowest BCUT2D eigenvalue weighted by Gasteiger charge is -2.37. The lowest BCUT2D eigenvalue weighted by atomic mass is 9.97. The van der Waals surface area contributed by atoms with Crippen LogP contribution in [0.25, 0.3) is 0 Å². The zero-order chi connectivity index (χ0) is 15.4. The second kappa shape index (κ2) is 6.53. The molecular formula is C14H20N4O3. The number of nitrogens with two attached hydrogens (primary N) is 2. The first kappa shape index (κ1) is 15.2. The first-order chi connectivity index (χ1) is 10.0. The van der Waals surface area contributed by atoms with Gasteiger partial charge in [-0.05, 0) is 44.4 Å². The van der Waals surface area contributed by atoms with Crippen molar-refractivity contribution in [1.29, 1.82) is 0 Å². The Morgan fingerprint density at radius 3 is 2.81 bits per heavy atom. The van der Waals surface area contributed by atoms with Gasteiger partial charge in [-0.2, -0.15) is 0 Å². The normalized spacial score (nSPS) is 18.5. The summed E-state index contributed by atoms with van der Waals surface area (Å²) >= 11 is 0. The van der Waals surface area contributed by atoms with Gasteiger partial charge in [-0.15, -0.1) is 0 Å². The van der Waals surface area contributed by atoms with E-state index in [1.54, 1.807) is 0 Å². The molecular weight excluding hydrogens is 272 g/mol. The molecule has 1 amide bonds. The van der Waals surface area contributed by atoms with Gasteiger partial charge in [-0.3, -0.25) is 14.9 Å². The summed E-state index contributed by atoms with van der Waals surface area (Å²) in [7, 11) is 0. The van der Waals surface area contributed by atoms with E-state index in [1.165, 1.54) is 18.2 Å². The molecule has 1 fully saturated rings. The Morgan fingerprint density at radius 1 is 1.43 bits per heavy atom. The van der Waals surface area contributed by atoms with Crippen molar-refractivity contribution in [2.24, 2.45) is 11.5 Å². The summed E-state index contributed by atoms with van der Waals surface area (Å²) in [6.07, 6.45) is 3.79. The number of amides is 1. The Morgan fingerprint density at radius 2 is 2.19 bits per heavy atom. The van der Waals surface area contributed by atoms with Gasteiger partial charge < -0.3 is 16.4 Å². The fourth-order valence-electron chi connectivity index (χ4n) is 2.87. The molecule has 0 bridgehead atoms. The molecule has 21 heavy (non-hydrogen) atoms. The Kier molecular flexibility index (Phi) is 4.74. The Bertz CT molecular complexity index is 545. The average Bonchev–Trinajstić information content (AvgIpc) is 2.47. The number of carbonyl (C=O) groups is 1. The highest BCUT2D eigenvalue weighted by atomic mass is 16.6. The van der Waals surface area contributed by atoms with Crippen LogP contribution >= 0.6 is 0 Å². The molecule has 0 spiro atoms. The minimum Gasteiger partial charge on any atom is -0.366 e. The van der Waals surface area contributed by atoms with Gasteiger partial charge in [0.2, 0.25) is 5.91 Å². The summed E-state index contributed by atoms with van der Waals surface area (Å²) in [6.45, 7) is 1.26. The lowest BCUT2D eigenvalue weighted by Crippen LogP contribution is -2.41. The summed E-state index contributed by atoms with van der Waals surface area (Å²) in [4.78, 5) is 24.2. The molecule has 1 heterocycles. The van der Waals surface area contributed by atoms with Crippen LogP contribution in [0.4, 0.5) is 11.4 Å². The highest BCUT2D eigenvalue weighted by Crippen LogP contribution is 2.34. The predicted molar refractivity (Wildman–Crippen MR) is 80.3 cm³/mol. The summed E-state index contributed by atoms with van der Waals surface area (Å²) in [5, 5.41) is 11.2. The van der Waals surface area contributed by atoms with Crippen molar-refractivity contribution in [3.8, 4) is 0 Å². The van der Waals surface area contributed by atoms with Crippen LogP contribution in [-0.2, 0) is 0 Å². The van der Waals surface area contributed by atoms with Gasteiger partial charge in [0.1, 0.15) is 5.69 Å². The standard InChI is InChI=1S/C14H20N4O3/c15-7-6-11-3-1-2-8-17(11)13-9-10(14(16)19)4-5-12(13)18(20)21/h4-5,9,11H,1-3,6-8,15H2,(H2,16,19). The number of benzene rings is 1. The molecule has 1 aliphatic rings. The topological polar surface area (TPSA) is 115 Å². The second-order valence-electron chi connectivity index (χ2n) is 5.25. The number of hydrogen-bond donors (Lipinski definition) is 2. The van der Waals surface area contributed by atoms with E-state index in [0.29, 0.717) is 12.2 Å². The maximum atomic E-state index is 11.3. The van der Waals surface area contributed by atoms with Crippen LogP contribution in [0, 0.1) is 10.1 Å². The Hall–Kier alpha value is -2.15. The molecule has 1 unspecified atom stereocenters. The van der Waals surface area contributed by atoms with Gasteiger partial charge in [0, 0.05) is 24.2 Å². The zero-order valence-corrected chi connectivity index (χ0v) is 11.8. The summed E-state index contributed by atoms with van der Waals surface area (Å²) in [5.74, 6) is -0.585. The van der Waals surface area contributed by atoms with E-state index in [2.05, 4.69) is 0 Å². The Balaban J connectivity index is 2.44. The van der Waals surface area contributed by atoms with Gasteiger partial charge in [0.05, 0.1) is 4.92 Å². The first-order valence-corrected chi connectivity index (χ1v) is 7.09. The monoisotopic (exact) mass is 292 g/mol. The van der Waals surface area contributed by atoms with Gasteiger partial charge in [0.15, 0.2) is 0 Å². The number of nitrogens with zero attached hydrogens (tertiary/aromatic N) is 2. The van der Waals surface area contributed by atoms with Crippen molar-refractivity contribution in [3.63, 3.8) is 0 Å². The third-order valence-electron chi connectivity index (χ3n) is 3.89. The molecule has 2 rings (SSSR count). The zero-order valence-electron chi connectivity index (χ0n) is 11.8. The number of carbonyl (C=O) groups excluding carboxylic acids is 1. The van der Waals surface area contributed by atoms with Crippen LogP contribution in [0.1, 0.15) is 36.0 Å². The minimum atomic E-state index is -0.585. The van der Waals surface area contributed by atoms with Crippen molar-refractivity contribution < 1.29 is 9.72 Å². The SMILES string of the molecule is NCCC1CCCCN1c1cc(C(N)=O)ccc1[N+](=O)[O-]. The van der Waals surface area contributed by atoms with E-state index in [-0.39, 0.29) is 17.3 Å². The second-order valence-corrected chi connectivity index (χ2v) is 5.25. The molecule has 0 aromatic heterocycles. The van der Waals surface area contributed by atoms with Gasteiger partial charge in [0.25, 0.3) is 5.69 Å². The van der Waals surface area contributed by atoms with E-state index in [1.807, 2.05) is 4.90 Å². The quantitative estimate of drug-likeness (QED) is 0.628. The van der Waals surface area contributed by atoms with E-state index >= 15 is 0 Å². The molecule has 114 valence electrons. The molecule has 1 atom stereocenters. The first-order valence-electron chi connectivity index (χ1n) is 7.09. The van der Waals surface area contributed by atoms with Crippen molar-refractivity contribution >= 4 is 17.3 Å². The predicted octanol–water partition coefficient (Wildman–Crippen LogP) is 1.40. The third-order valence-corrected chi connectivity index (χ3v) is 3.89. The molecule has 0 radical (unpaired) electrons. The van der Waals surface area contributed by atoms with Gasteiger partial charge in [-0.1, -0.05) is 0 Å². The number of nitro groups is 1. The van der Waals surface area contributed by atoms with Crippen LogP contribution in [0.3, 0.4) is 0 Å². The average molecular weight is 292 g/mol. The van der Waals surface area contributed by atoms with Crippen LogP contribution in [0.2, 0.25) is 0 Å². The third kappa shape index (κ3) is 3.30. The number of rotatable bonds is 5. The lowest BCUT2D eigenvalue weighted by molar-refractivity contribution is -0.384. The number of piperidine rings is 1. The van der Waals surface area contributed by atoms with Crippen molar-refractivity contribution in [3.05, 3.63) is 33.9 Å². The molecule has 7 heteroatoms. The van der Waals surface area contributed by atoms with Crippen molar-refractivity contribution in [2.45, 2.75) is 31.7 Å². The van der Waals surface area contributed by atoms with Gasteiger partial charge >= 0.3 is 0 Å². The van der Waals surface area contributed by atoms with Crippen LogP contribution in [0.15, 0.2) is 18.2 Å². The maximum Gasteiger partial charge on any atom is 0.292 e. The number of hydrogen-bond acceptors (Lipinski definition) is 5. The van der Waals surface area contributed by atoms with E-state index in [0.717, 1.165) is 32.2 Å². The number of anilines is 1. The smallest absolute Gasteiger partial charge is 0.292 e. The van der Waals surface area contributed by atoms with E-state index < -0.39 is 10.8 Å². The minimum absolute atomic E-state index is 0.00363. The molecule has 7 nitrogen and oxygen atoms in total. The van der Waals surface area contributed by atoms with Gasteiger partial charge in [-0.25, -0.2) is 0 Å².